The van der Waals surface area contributed by atoms with Crippen LogP contribution in [0, 0.1) is 5.41 Å². The molecule has 0 spiro atoms. The van der Waals surface area contributed by atoms with Crippen molar-refractivity contribution in [3.05, 3.63) is 0 Å². The number of hydrogen-bond acceptors (Lipinski definition) is 3. The number of imide groups is 1. The molecule has 0 radical (unpaired) electrons. The van der Waals surface area contributed by atoms with Gasteiger partial charge in [-0.3, -0.25) is 4.79 Å². The minimum atomic E-state index is -0.491. The number of rotatable bonds is 1. The van der Waals surface area contributed by atoms with E-state index in [0.29, 0.717) is 19.6 Å². The van der Waals surface area contributed by atoms with Gasteiger partial charge in [-0.05, 0) is 18.3 Å². The van der Waals surface area contributed by atoms with Crippen LogP contribution >= 0.6 is 0 Å². The highest BCUT2D eigenvalue weighted by Crippen LogP contribution is 2.16. The molecule has 0 N–H and O–H groups in total. The number of ether oxygens (including phenoxy) is 1. The molecule has 1 heterocycles. The normalized spacial score (nSPS) is 17.8. The van der Waals surface area contributed by atoms with E-state index in [1.807, 2.05) is 20.8 Å². The second-order valence-corrected chi connectivity index (χ2v) is 5.12. The number of nitrogens with zero attached hydrogens (tertiary/aromatic N) is 1. The molecule has 0 atom stereocenters. The van der Waals surface area contributed by atoms with E-state index in [1.54, 1.807) is 0 Å². The minimum absolute atomic E-state index is 0.0610. The molecule has 2 amide bonds. The summed E-state index contributed by atoms with van der Waals surface area (Å²) in [6, 6.07) is 0. The standard InChI is InChI=1S/C11H19NO3/c1-11(2,3)8-15-10(14)12-7-5-4-6-9(12)13/h4-8H2,1-3H3. The molecule has 1 fully saturated rings. The van der Waals surface area contributed by atoms with Crippen molar-refractivity contribution in [1.82, 2.24) is 4.90 Å². The average molecular weight is 213 g/mol. The van der Waals surface area contributed by atoms with Crippen LogP contribution in [0.3, 0.4) is 0 Å². The van der Waals surface area contributed by atoms with Crippen LogP contribution in [0.15, 0.2) is 0 Å². The van der Waals surface area contributed by atoms with Gasteiger partial charge in [-0.2, -0.15) is 0 Å². The second-order valence-electron chi connectivity index (χ2n) is 5.12. The quantitative estimate of drug-likeness (QED) is 0.670. The van der Waals surface area contributed by atoms with Gasteiger partial charge in [0.05, 0.1) is 6.61 Å². The van der Waals surface area contributed by atoms with Crippen molar-refractivity contribution in [3.63, 3.8) is 0 Å². The van der Waals surface area contributed by atoms with E-state index in [9.17, 15) is 9.59 Å². The third kappa shape index (κ3) is 3.90. The van der Waals surface area contributed by atoms with Gasteiger partial charge in [0.1, 0.15) is 0 Å². The Kier molecular flexibility index (Phi) is 3.72. The van der Waals surface area contributed by atoms with E-state index >= 15 is 0 Å². The number of amides is 2. The molecule has 0 aromatic carbocycles. The smallest absolute Gasteiger partial charge is 0.416 e. The van der Waals surface area contributed by atoms with Gasteiger partial charge in [-0.25, -0.2) is 9.69 Å². The summed E-state index contributed by atoms with van der Waals surface area (Å²) in [6.45, 7) is 6.80. The van der Waals surface area contributed by atoms with Crippen molar-refractivity contribution >= 4 is 12.0 Å². The fourth-order valence-electron chi connectivity index (χ4n) is 1.36. The van der Waals surface area contributed by atoms with Crippen LogP contribution in [0.1, 0.15) is 40.0 Å². The van der Waals surface area contributed by atoms with Gasteiger partial charge in [0, 0.05) is 13.0 Å². The number of carbonyl (C=O) groups excluding carboxylic acids is 2. The zero-order valence-corrected chi connectivity index (χ0v) is 9.71. The lowest BCUT2D eigenvalue weighted by Crippen LogP contribution is -2.41. The van der Waals surface area contributed by atoms with Crippen LogP contribution < -0.4 is 0 Å². The summed E-state index contributed by atoms with van der Waals surface area (Å²) < 4.78 is 5.08. The maximum Gasteiger partial charge on any atom is 0.416 e. The Balaban J connectivity index is 2.42. The monoisotopic (exact) mass is 213 g/mol. The molecule has 1 aliphatic rings. The molecule has 4 nitrogen and oxygen atoms in total. The van der Waals surface area contributed by atoms with Crippen molar-refractivity contribution in [3.8, 4) is 0 Å². The summed E-state index contributed by atoms with van der Waals surface area (Å²) in [5, 5.41) is 0. The zero-order valence-electron chi connectivity index (χ0n) is 9.71. The van der Waals surface area contributed by atoms with Crippen LogP contribution in [0.2, 0.25) is 0 Å². The molecule has 15 heavy (non-hydrogen) atoms. The highest BCUT2D eigenvalue weighted by Gasteiger charge is 2.26. The Hall–Kier alpha value is -1.06. The molecular formula is C11H19NO3. The van der Waals surface area contributed by atoms with Crippen molar-refractivity contribution < 1.29 is 14.3 Å². The molecule has 1 aliphatic heterocycles. The van der Waals surface area contributed by atoms with Crippen molar-refractivity contribution in [1.29, 1.82) is 0 Å². The molecule has 1 rings (SSSR count). The largest absolute Gasteiger partial charge is 0.449 e. The highest BCUT2D eigenvalue weighted by atomic mass is 16.6. The van der Waals surface area contributed by atoms with Crippen molar-refractivity contribution in [2.75, 3.05) is 13.2 Å². The Morgan fingerprint density at radius 1 is 1.40 bits per heavy atom. The molecule has 0 saturated carbocycles. The summed E-state index contributed by atoms with van der Waals surface area (Å²) >= 11 is 0. The summed E-state index contributed by atoms with van der Waals surface area (Å²) in [5.74, 6) is -0.111. The van der Waals surface area contributed by atoms with E-state index in [1.165, 1.54) is 4.90 Å². The zero-order chi connectivity index (χ0) is 11.5. The molecular weight excluding hydrogens is 194 g/mol. The van der Waals surface area contributed by atoms with Crippen LogP contribution in [0.25, 0.3) is 0 Å². The maximum absolute atomic E-state index is 11.5. The van der Waals surface area contributed by atoms with E-state index in [4.69, 9.17) is 4.74 Å². The average Bonchev–Trinajstić information content (AvgIpc) is 2.14. The summed E-state index contributed by atoms with van der Waals surface area (Å²) in [6.07, 6.45) is 1.73. The lowest BCUT2D eigenvalue weighted by Gasteiger charge is -2.26. The first-order chi connectivity index (χ1) is 6.90. The predicted octanol–water partition coefficient (Wildman–Crippen LogP) is 2.18. The van der Waals surface area contributed by atoms with E-state index in [2.05, 4.69) is 0 Å². The second kappa shape index (κ2) is 4.64. The Morgan fingerprint density at radius 2 is 2.07 bits per heavy atom. The SMILES string of the molecule is CC(C)(C)COC(=O)N1CCCCC1=O. The Morgan fingerprint density at radius 3 is 2.60 bits per heavy atom. The third-order valence-electron chi connectivity index (χ3n) is 2.17. The van der Waals surface area contributed by atoms with Gasteiger partial charge in [-0.1, -0.05) is 20.8 Å². The van der Waals surface area contributed by atoms with Crippen LogP contribution in [-0.4, -0.2) is 30.1 Å². The van der Waals surface area contributed by atoms with Gasteiger partial charge in [0.25, 0.3) is 0 Å². The lowest BCUT2D eigenvalue weighted by molar-refractivity contribution is -0.131. The first kappa shape index (κ1) is 12.0. The molecule has 4 heteroatoms. The van der Waals surface area contributed by atoms with E-state index in [-0.39, 0.29) is 11.3 Å². The van der Waals surface area contributed by atoms with Gasteiger partial charge in [0.2, 0.25) is 5.91 Å². The molecule has 0 bridgehead atoms. The first-order valence-electron chi connectivity index (χ1n) is 5.37. The van der Waals surface area contributed by atoms with Gasteiger partial charge in [0.15, 0.2) is 0 Å². The number of hydrogen-bond donors (Lipinski definition) is 0. The van der Waals surface area contributed by atoms with Crippen LogP contribution in [0.4, 0.5) is 4.79 Å². The summed E-state index contributed by atoms with van der Waals surface area (Å²) in [4.78, 5) is 24.1. The predicted molar refractivity (Wildman–Crippen MR) is 56.4 cm³/mol. The molecule has 0 aromatic rings. The van der Waals surface area contributed by atoms with E-state index in [0.717, 1.165) is 12.8 Å². The van der Waals surface area contributed by atoms with Gasteiger partial charge in [-0.15, -0.1) is 0 Å². The maximum atomic E-state index is 11.5. The van der Waals surface area contributed by atoms with Crippen molar-refractivity contribution in [2.24, 2.45) is 5.41 Å². The van der Waals surface area contributed by atoms with Crippen LogP contribution in [0.5, 0.6) is 0 Å². The molecule has 86 valence electrons. The fourth-order valence-corrected chi connectivity index (χ4v) is 1.36. The van der Waals surface area contributed by atoms with Crippen molar-refractivity contribution in [2.45, 2.75) is 40.0 Å². The third-order valence-corrected chi connectivity index (χ3v) is 2.17. The summed E-state index contributed by atoms with van der Waals surface area (Å²) in [7, 11) is 0. The molecule has 0 aliphatic carbocycles. The Labute approximate surface area is 90.6 Å². The summed E-state index contributed by atoms with van der Waals surface area (Å²) in [5.41, 5.74) is -0.0610. The molecule has 0 aromatic heterocycles. The number of likely N-dealkylation sites (tertiary alicyclic amines) is 1. The van der Waals surface area contributed by atoms with Gasteiger partial charge >= 0.3 is 6.09 Å². The number of piperidine rings is 1. The highest BCUT2D eigenvalue weighted by molar-refractivity contribution is 5.92. The molecule has 1 saturated heterocycles. The Bertz CT molecular complexity index is 255. The topological polar surface area (TPSA) is 46.6 Å². The van der Waals surface area contributed by atoms with Gasteiger partial charge < -0.3 is 4.74 Å². The number of carbonyl (C=O) groups is 2. The first-order valence-corrected chi connectivity index (χ1v) is 5.37. The lowest BCUT2D eigenvalue weighted by atomic mass is 9.99. The van der Waals surface area contributed by atoms with Crippen LogP contribution in [-0.2, 0) is 9.53 Å². The minimum Gasteiger partial charge on any atom is -0.449 e. The van der Waals surface area contributed by atoms with E-state index < -0.39 is 6.09 Å². The fraction of sp³-hybridized carbons (Fsp3) is 0.818. The molecule has 0 unspecified atom stereocenters.